The van der Waals surface area contributed by atoms with Gasteiger partial charge in [0.25, 0.3) is 6.43 Å². The van der Waals surface area contributed by atoms with Crippen LogP contribution in [0, 0.1) is 0 Å². The molecular weight excluding hydrogens is 552 g/mol. The summed E-state index contributed by atoms with van der Waals surface area (Å²) < 4.78 is 50.5. The summed E-state index contributed by atoms with van der Waals surface area (Å²) in [5.74, 6) is -1.28. The van der Waals surface area contributed by atoms with Gasteiger partial charge < -0.3 is 33.5 Å². The number of anilines is 2. The molecule has 3 aromatic heterocycles. The number of hydrogen-bond acceptors (Lipinski definition) is 10. The lowest BCUT2D eigenvalue weighted by Crippen LogP contribution is -2.68. The molecule has 1 N–H and O–H groups in total. The average Bonchev–Trinajstić information content (AvgIpc) is 3.60. The molecule has 14 heteroatoms. The number of rotatable bonds is 7. The zero-order valence-electron chi connectivity index (χ0n) is 21.4. The van der Waals surface area contributed by atoms with Crippen molar-refractivity contribution in [3.8, 4) is 17.3 Å². The number of nitrogens with zero attached hydrogens (tertiary/aromatic N) is 5. The highest BCUT2D eigenvalue weighted by molar-refractivity contribution is 6.30. The average molecular weight is 578 g/mol. The minimum atomic E-state index is -2.97. The van der Waals surface area contributed by atoms with E-state index in [1.807, 2.05) is 6.92 Å². The van der Waals surface area contributed by atoms with Gasteiger partial charge in [-0.1, -0.05) is 11.6 Å². The molecule has 6 heterocycles. The van der Waals surface area contributed by atoms with Crippen molar-refractivity contribution < 1.29 is 37.3 Å². The van der Waals surface area contributed by atoms with Crippen molar-refractivity contribution in [2.24, 2.45) is 0 Å². The van der Waals surface area contributed by atoms with Gasteiger partial charge in [0.15, 0.2) is 11.6 Å². The molecule has 0 unspecified atom stereocenters. The van der Waals surface area contributed by atoms with E-state index >= 15 is 0 Å². The Morgan fingerprint density at radius 1 is 1.27 bits per heavy atom. The molecular formula is C26H26ClF2N5O6. The van der Waals surface area contributed by atoms with Crippen LogP contribution in [-0.4, -0.2) is 82.7 Å². The van der Waals surface area contributed by atoms with Crippen LogP contribution in [0.2, 0.25) is 5.02 Å². The number of morpholine rings is 1. The normalized spacial score (nSPS) is 24.0. The molecule has 40 heavy (non-hydrogen) atoms. The van der Waals surface area contributed by atoms with Crippen molar-refractivity contribution >= 4 is 29.1 Å². The second-order valence-electron chi connectivity index (χ2n) is 9.98. The number of pyridine rings is 1. The summed E-state index contributed by atoms with van der Waals surface area (Å²) in [4.78, 5) is 28.1. The molecule has 1 spiro atoms. The molecule has 3 fully saturated rings. The lowest BCUT2D eigenvalue weighted by atomic mass is 9.90. The van der Waals surface area contributed by atoms with Gasteiger partial charge in [0.2, 0.25) is 5.88 Å². The highest BCUT2D eigenvalue weighted by atomic mass is 35.5. The topological polar surface area (TPSA) is 123 Å². The maximum Gasteiger partial charge on any atom is 0.326 e. The second-order valence-corrected chi connectivity index (χ2v) is 10.4. The number of furan rings is 1. The highest BCUT2D eigenvalue weighted by Crippen LogP contribution is 2.40. The van der Waals surface area contributed by atoms with Gasteiger partial charge in [-0.05, 0) is 25.1 Å². The number of halogens is 3. The minimum absolute atomic E-state index is 0.0354. The Balaban J connectivity index is 1.29. The van der Waals surface area contributed by atoms with Crippen LogP contribution in [0.15, 0.2) is 41.1 Å². The van der Waals surface area contributed by atoms with Gasteiger partial charge in [0.1, 0.15) is 34.9 Å². The largest absolute Gasteiger partial charge is 0.480 e. The van der Waals surface area contributed by atoms with Gasteiger partial charge in [0.05, 0.1) is 43.7 Å². The first kappa shape index (κ1) is 26.7. The lowest BCUT2D eigenvalue weighted by Gasteiger charge is -2.53. The maximum absolute atomic E-state index is 13.7. The number of aliphatic carboxylic acids is 1. The third kappa shape index (κ3) is 4.82. The molecule has 0 aromatic carbocycles. The molecule has 11 nitrogen and oxygen atoms in total. The summed E-state index contributed by atoms with van der Waals surface area (Å²) in [6, 6.07) is 5.23. The number of carbonyl (C=O) groups is 1. The van der Waals surface area contributed by atoms with Crippen molar-refractivity contribution in [2.75, 3.05) is 42.7 Å². The van der Waals surface area contributed by atoms with Crippen molar-refractivity contribution in [1.29, 1.82) is 0 Å². The van der Waals surface area contributed by atoms with Crippen LogP contribution < -0.4 is 14.5 Å². The van der Waals surface area contributed by atoms with Gasteiger partial charge in [0, 0.05) is 25.2 Å². The Kier molecular flexibility index (Phi) is 6.97. The van der Waals surface area contributed by atoms with Crippen LogP contribution in [-0.2, 0) is 14.3 Å². The van der Waals surface area contributed by atoms with E-state index in [2.05, 4.69) is 19.9 Å². The van der Waals surface area contributed by atoms with Crippen molar-refractivity contribution in [3.63, 3.8) is 0 Å². The number of carboxylic acids is 1. The molecule has 3 aliphatic heterocycles. The van der Waals surface area contributed by atoms with E-state index in [0.717, 1.165) is 0 Å². The van der Waals surface area contributed by atoms with Gasteiger partial charge >= 0.3 is 5.97 Å². The zero-order chi connectivity index (χ0) is 28.0. The van der Waals surface area contributed by atoms with E-state index in [1.165, 1.54) is 23.4 Å². The van der Waals surface area contributed by atoms with E-state index in [0.29, 0.717) is 37.1 Å². The van der Waals surface area contributed by atoms with Crippen molar-refractivity contribution in [1.82, 2.24) is 15.0 Å². The van der Waals surface area contributed by atoms with E-state index in [-0.39, 0.29) is 42.2 Å². The van der Waals surface area contributed by atoms with Gasteiger partial charge in [-0.3, -0.25) is 0 Å². The molecule has 3 atom stereocenters. The fourth-order valence-electron chi connectivity index (χ4n) is 5.39. The number of ether oxygens (including phenoxy) is 3. The molecule has 6 rings (SSSR count). The molecule has 0 saturated carbocycles. The van der Waals surface area contributed by atoms with E-state index in [9.17, 15) is 18.7 Å². The summed E-state index contributed by atoms with van der Waals surface area (Å²) in [7, 11) is 0. The van der Waals surface area contributed by atoms with Crippen LogP contribution in [0.5, 0.6) is 5.88 Å². The van der Waals surface area contributed by atoms with E-state index < -0.39 is 36.0 Å². The number of carboxylic acid groups (broad SMARTS) is 1. The first-order chi connectivity index (χ1) is 19.2. The molecule has 212 valence electrons. The first-order valence-electron chi connectivity index (χ1n) is 12.7. The van der Waals surface area contributed by atoms with E-state index in [4.69, 9.17) is 30.2 Å². The summed E-state index contributed by atoms with van der Waals surface area (Å²) in [5.41, 5.74) is 0.343. The lowest BCUT2D eigenvalue weighted by molar-refractivity contribution is -0.228. The Hall–Kier alpha value is -3.55. The van der Waals surface area contributed by atoms with Crippen molar-refractivity contribution in [2.45, 2.75) is 43.6 Å². The number of hydrogen-bond donors (Lipinski definition) is 1. The third-order valence-electron chi connectivity index (χ3n) is 7.57. The third-order valence-corrected chi connectivity index (χ3v) is 7.78. The molecule has 3 aromatic rings. The minimum Gasteiger partial charge on any atom is -0.480 e. The first-order valence-corrected chi connectivity index (χ1v) is 13.1. The summed E-state index contributed by atoms with van der Waals surface area (Å²) in [5, 5.41) is 10.4. The maximum atomic E-state index is 13.7. The smallest absolute Gasteiger partial charge is 0.326 e. The quantitative estimate of drug-likeness (QED) is 0.441. The van der Waals surface area contributed by atoms with Gasteiger partial charge in [-0.15, -0.1) is 0 Å². The predicted octanol–water partition coefficient (Wildman–Crippen LogP) is 3.83. The Morgan fingerprint density at radius 2 is 2.10 bits per heavy atom. The van der Waals surface area contributed by atoms with Crippen LogP contribution in [0.4, 0.5) is 20.3 Å². The molecule has 0 aliphatic carbocycles. The Bertz CT molecular complexity index is 1390. The fourth-order valence-corrected chi connectivity index (χ4v) is 5.54. The Labute approximate surface area is 232 Å². The zero-order valence-corrected chi connectivity index (χ0v) is 22.1. The number of aromatic nitrogens is 3. The Morgan fingerprint density at radius 3 is 2.77 bits per heavy atom. The summed E-state index contributed by atoms with van der Waals surface area (Å²) >= 11 is 6.31. The van der Waals surface area contributed by atoms with E-state index in [1.54, 1.807) is 18.2 Å². The standard InChI is InChI=1S/C26H26ClF2N5O6/c1-14-26(12-37-13-26)39-6-4-33(14)18-7-15(27)10-30-24(18)40-16-8-19(25(35)36)34(11-16)21-9-17(20-3-2-5-38-20)31-23(32-21)22(28)29/h2-3,5,7,9-10,14,16,19,22H,4,6,8,11-13H2,1H3,(H,35,36)/t14-,16-,19-/m0/s1. The molecule has 0 bridgehead atoms. The van der Waals surface area contributed by atoms with Crippen LogP contribution >= 0.6 is 11.6 Å². The van der Waals surface area contributed by atoms with Crippen LogP contribution in [0.3, 0.4) is 0 Å². The molecule has 0 radical (unpaired) electrons. The molecule has 3 saturated heterocycles. The monoisotopic (exact) mass is 577 g/mol. The predicted molar refractivity (Wildman–Crippen MR) is 138 cm³/mol. The van der Waals surface area contributed by atoms with Crippen molar-refractivity contribution in [3.05, 3.63) is 47.6 Å². The highest BCUT2D eigenvalue weighted by Gasteiger charge is 2.50. The SMILES string of the molecule is C[C@@H]1N(c2cc(Cl)cnc2O[C@H]2C[C@@H](C(=O)O)N(c3cc(-c4ccco4)nc(C(F)F)n3)C2)CCOC12COC2. The summed E-state index contributed by atoms with van der Waals surface area (Å²) in [6.07, 6.45) is -0.677. The van der Waals surface area contributed by atoms with Crippen LogP contribution in [0.1, 0.15) is 25.6 Å². The molecule has 3 aliphatic rings. The fraction of sp³-hybridized carbons (Fsp3) is 0.462. The summed E-state index contributed by atoms with van der Waals surface area (Å²) in [6.45, 7) is 4.11. The number of alkyl halides is 2. The van der Waals surface area contributed by atoms with Crippen LogP contribution in [0.25, 0.3) is 11.5 Å². The molecule has 0 amide bonds. The van der Waals surface area contributed by atoms with Gasteiger partial charge in [-0.2, -0.15) is 0 Å². The second kappa shape index (κ2) is 10.5. The van der Waals surface area contributed by atoms with Gasteiger partial charge in [-0.25, -0.2) is 28.5 Å².